The van der Waals surface area contributed by atoms with E-state index in [1.807, 2.05) is 20.8 Å². The maximum atomic E-state index is 11.6. The Morgan fingerprint density at radius 3 is 2.75 bits per heavy atom. The average Bonchev–Trinajstić information content (AvgIpc) is 2.27. The number of carbonyl (C=O) groups is 2. The Kier molecular flexibility index (Phi) is 4.33. The molecule has 0 spiro atoms. The molecule has 1 saturated heterocycles. The van der Waals surface area contributed by atoms with Crippen LogP contribution in [0.5, 0.6) is 0 Å². The van der Waals surface area contributed by atoms with Crippen molar-refractivity contribution in [2.75, 3.05) is 6.61 Å². The summed E-state index contributed by atoms with van der Waals surface area (Å²) in [5.41, 5.74) is -0.436. The van der Waals surface area contributed by atoms with Gasteiger partial charge >= 0.3 is 11.9 Å². The van der Waals surface area contributed by atoms with Gasteiger partial charge in [0.15, 0.2) is 0 Å². The summed E-state index contributed by atoms with van der Waals surface area (Å²) in [6, 6.07) is 0. The first-order valence-electron chi connectivity index (χ1n) is 5.74. The Morgan fingerprint density at radius 2 is 2.12 bits per heavy atom. The van der Waals surface area contributed by atoms with Crippen molar-refractivity contribution in [2.45, 2.75) is 52.1 Å². The normalized spacial score (nSPS) is 22.2. The molecule has 0 saturated carbocycles. The highest BCUT2D eigenvalue weighted by atomic mass is 16.6. The van der Waals surface area contributed by atoms with Crippen LogP contribution in [0.2, 0.25) is 0 Å². The number of esters is 2. The molecule has 0 aliphatic carbocycles. The van der Waals surface area contributed by atoms with Crippen LogP contribution in [0.1, 0.15) is 46.5 Å². The first-order valence-corrected chi connectivity index (χ1v) is 5.74. The summed E-state index contributed by atoms with van der Waals surface area (Å²) in [7, 11) is 0. The zero-order valence-corrected chi connectivity index (χ0v) is 10.2. The second-order valence-electron chi connectivity index (χ2n) is 5.20. The smallest absolute Gasteiger partial charge is 0.306 e. The zero-order valence-electron chi connectivity index (χ0n) is 10.2. The predicted molar refractivity (Wildman–Crippen MR) is 58.8 cm³/mol. The summed E-state index contributed by atoms with van der Waals surface area (Å²) in [4.78, 5) is 22.6. The number of ether oxygens (including phenoxy) is 2. The number of rotatable bonds is 2. The Balaban J connectivity index is 2.36. The fraction of sp³-hybridized carbons (Fsp3) is 0.833. The highest BCUT2D eigenvalue weighted by Gasteiger charge is 2.23. The fourth-order valence-electron chi connectivity index (χ4n) is 1.70. The molecule has 0 aromatic heterocycles. The Bertz CT molecular complexity index is 265. The van der Waals surface area contributed by atoms with E-state index in [9.17, 15) is 9.59 Å². The molecule has 1 aliphatic heterocycles. The molecule has 4 nitrogen and oxygen atoms in total. The first-order chi connectivity index (χ1) is 7.37. The van der Waals surface area contributed by atoms with Crippen molar-refractivity contribution in [1.29, 1.82) is 0 Å². The van der Waals surface area contributed by atoms with Gasteiger partial charge in [0.2, 0.25) is 0 Å². The van der Waals surface area contributed by atoms with E-state index in [4.69, 9.17) is 9.47 Å². The summed E-state index contributed by atoms with van der Waals surface area (Å²) < 4.78 is 10.2. The largest absolute Gasteiger partial charge is 0.466 e. The van der Waals surface area contributed by atoms with Crippen molar-refractivity contribution < 1.29 is 19.1 Å². The van der Waals surface area contributed by atoms with Crippen LogP contribution in [-0.2, 0) is 19.1 Å². The van der Waals surface area contributed by atoms with Gasteiger partial charge in [0.05, 0.1) is 6.61 Å². The molecule has 0 bridgehead atoms. The van der Waals surface area contributed by atoms with Crippen LogP contribution in [0, 0.1) is 5.92 Å². The second kappa shape index (κ2) is 5.32. The van der Waals surface area contributed by atoms with Gasteiger partial charge in [-0.1, -0.05) is 0 Å². The van der Waals surface area contributed by atoms with E-state index in [0.717, 1.165) is 12.8 Å². The van der Waals surface area contributed by atoms with Crippen molar-refractivity contribution in [3.05, 3.63) is 0 Å². The van der Waals surface area contributed by atoms with Crippen LogP contribution in [0.25, 0.3) is 0 Å². The van der Waals surface area contributed by atoms with Crippen LogP contribution < -0.4 is 0 Å². The third-order valence-electron chi connectivity index (χ3n) is 2.42. The Hall–Kier alpha value is -1.06. The van der Waals surface area contributed by atoms with Gasteiger partial charge in [-0.15, -0.1) is 0 Å². The number of carbonyl (C=O) groups excluding carboxylic acids is 2. The summed E-state index contributed by atoms with van der Waals surface area (Å²) >= 11 is 0. The average molecular weight is 228 g/mol. The van der Waals surface area contributed by atoms with Gasteiger partial charge in [0, 0.05) is 12.8 Å². The number of cyclic esters (lactones) is 1. The molecule has 0 amide bonds. The van der Waals surface area contributed by atoms with Gasteiger partial charge in [0.1, 0.15) is 5.60 Å². The maximum absolute atomic E-state index is 11.6. The number of hydrogen-bond acceptors (Lipinski definition) is 4. The van der Waals surface area contributed by atoms with E-state index in [1.165, 1.54) is 0 Å². The highest BCUT2D eigenvalue weighted by Crippen LogP contribution is 2.21. The van der Waals surface area contributed by atoms with Crippen molar-refractivity contribution in [2.24, 2.45) is 5.92 Å². The van der Waals surface area contributed by atoms with Crippen LogP contribution in [0.15, 0.2) is 0 Å². The molecule has 0 aromatic rings. The van der Waals surface area contributed by atoms with Crippen LogP contribution in [-0.4, -0.2) is 24.1 Å². The summed E-state index contributed by atoms with van der Waals surface area (Å²) in [5, 5.41) is 0. The minimum atomic E-state index is -0.436. The lowest BCUT2D eigenvalue weighted by molar-refractivity contribution is -0.156. The lowest BCUT2D eigenvalue weighted by Gasteiger charge is -2.21. The molecule has 4 heteroatoms. The Labute approximate surface area is 96.3 Å². The van der Waals surface area contributed by atoms with Crippen LogP contribution >= 0.6 is 0 Å². The molecule has 1 atom stereocenters. The van der Waals surface area contributed by atoms with Crippen molar-refractivity contribution >= 4 is 11.9 Å². The minimum Gasteiger partial charge on any atom is -0.466 e. The Morgan fingerprint density at radius 1 is 1.44 bits per heavy atom. The molecule has 0 radical (unpaired) electrons. The van der Waals surface area contributed by atoms with E-state index in [1.54, 1.807) is 0 Å². The van der Waals surface area contributed by atoms with Crippen molar-refractivity contribution in [1.82, 2.24) is 0 Å². The lowest BCUT2D eigenvalue weighted by atomic mass is 9.97. The van der Waals surface area contributed by atoms with E-state index in [0.29, 0.717) is 19.4 Å². The second-order valence-corrected chi connectivity index (χ2v) is 5.20. The maximum Gasteiger partial charge on any atom is 0.306 e. The lowest BCUT2D eigenvalue weighted by Crippen LogP contribution is -2.25. The molecule has 1 aliphatic rings. The van der Waals surface area contributed by atoms with E-state index >= 15 is 0 Å². The van der Waals surface area contributed by atoms with Gasteiger partial charge in [-0.05, 0) is 39.5 Å². The van der Waals surface area contributed by atoms with Crippen LogP contribution in [0.4, 0.5) is 0 Å². The van der Waals surface area contributed by atoms with E-state index in [2.05, 4.69) is 0 Å². The molecule has 92 valence electrons. The molecule has 1 heterocycles. The molecule has 1 rings (SSSR count). The molecule has 0 aromatic carbocycles. The summed E-state index contributed by atoms with van der Waals surface area (Å²) in [6.45, 7) is 5.98. The quantitative estimate of drug-likeness (QED) is 0.679. The molecule has 16 heavy (non-hydrogen) atoms. The minimum absolute atomic E-state index is 0.160. The third-order valence-corrected chi connectivity index (χ3v) is 2.42. The molecule has 1 fully saturated rings. The van der Waals surface area contributed by atoms with Gasteiger partial charge in [0.25, 0.3) is 0 Å². The van der Waals surface area contributed by atoms with E-state index < -0.39 is 5.60 Å². The fourth-order valence-corrected chi connectivity index (χ4v) is 1.70. The summed E-state index contributed by atoms with van der Waals surface area (Å²) in [6.07, 6.45) is 2.27. The molecule has 1 unspecified atom stereocenters. The van der Waals surface area contributed by atoms with Gasteiger partial charge in [-0.2, -0.15) is 0 Å². The standard InChI is InChI=1S/C12H20O4/c1-12(2,3)16-11(14)8-9-4-5-10(13)15-7-6-9/h9H,4-8H2,1-3H3. The predicted octanol–water partition coefficient (Wildman–Crippen LogP) is 2.06. The molecular formula is C12H20O4. The van der Waals surface area contributed by atoms with Gasteiger partial charge in [-0.25, -0.2) is 0 Å². The SMILES string of the molecule is CC(C)(C)OC(=O)CC1CCOC(=O)CC1. The first kappa shape index (κ1) is 13.0. The third kappa shape index (κ3) is 5.14. The summed E-state index contributed by atoms with van der Waals surface area (Å²) in [5.74, 6) is -0.139. The van der Waals surface area contributed by atoms with E-state index in [-0.39, 0.29) is 17.9 Å². The zero-order chi connectivity index (χ0) is 12.2. The molecule has 0 N–H and O–H groups in total. The highest BCUT2D eigenvalue weighted by molar-refractivity contribution is 5.71. The topological polar surface area (TPSA) is 52.6 Å². The number of hydrogen-bond donors (Lipinski definition) is 0. The monoisotopic (exact) mass is 228 g/mol. The van der Waals surface area contributed by atoms with Crippen molar-refractivity contribution in [3.63, 3.8) is 0 Å². The van der Waals surface area contributed by atoms with Gasteiger partial charge < -0.3 is 9.47 Å². The van der Waals surface area contributed by atoms with Crippen LogP contribution in [0.3, 0.4) is 0 Å². The van der Waals surface area contributed by atoms with Crippen molar-refractivity contribution in [3.8, 4) is 0 Å². The van der Waals surface area contributed by atoms with Gasteiger partial charge in [-0.3, -0.25) is 9.59 Å². The molecular weight excluding hydrogens is 208 g/mol.